The van der Waals surface area contributed by atoms with Gasteiger partial charge in [0.15, 0.2) is 11.5 Å². The van der Waals surface area contributed by atoms with E-state index >= 15 is 0 Å². The number of hydrazone groups is 1. The van der Waals surface area contributed by atoms with Crippen LogP contribution in [0.25, 0.3) is 10.8 Å². The third-order valence-electron chi connectivity index (χ3n) is 5.01. The molecular weight excluding hydrogens is 523 g/mol. The summed E-state index contributed by atoms with van der Waals surface area (Å²) < 4.78 is 50.5. The Balaban J connectivity index is 1.46. The van der Waals surface area contributed by atoms with E-state index in [4.69, 9.17) is 9.47 Å². The van der Waals surface area contributed by atoms with Gasteiger partial charge in [-0.15, -0.1) is 0 Å². The number of nitrogens with zero attached hydrogens (tertiary/aromatic N) is 2. The van der Waals surface area contributed by atoms with Gasteiger partial charge >= 0.3 is 6.18 Å². The van der Waals surface area contributed by atoms with Gasteiger partial charge in [0.05, 0.1) is 22.9 Å². The van der Waals surface area contributed by atoms with Crippen molar-refractivity contribution >= 4 is 38.7 Å². The summed E-state index contributed by atoms with van der Waals surface area (Å²) in [5.41, 5.74) is 3.52. The number of benzene rings is 3. The van der Waals surface area contributed by atoms with Crippen LogP contribution in [0.1, 0.15) is 23.6 Å². The molecule has 0 spiro atoms. The van der Waals surface area contributed by atoms with Crippen LogP contribution in [0.3, 0.4) is 0 Å². The summed E-state index contributed by atoms with van der Waals surface area (Å²) in [6.45, 7) is 2.67. The third kappa shape index (κ3) is 6.30. The molecule has 0 unspecified atom stereocenters. The zero-order valence-electron chi connectivity index (χ0n) is 18.6. The quantitative estimate of drug-likeness (QED) is 0.185. The molecule has 0 bridgehead atoms. The first-order valence-electron chi connectivity index (χ1n) is 10.7. The molecule has 9 heteroatoms. The highest BCUT2D eigenvalue weighted by atomic mass is 79.9. The van der Waals surface area contributed by atoms with E-state index in [1.165, 1.54) is 12.3 Å². The van der Waals surface area contributed by atoms with Crippen molar-refractivity contribution in [2.45, 2.75) is 19.7 Å². The van der Waals surface area contributed by atoms with E-state index < -0.39 is 11.7 Å². The fourth-order valence-electron chi connectivity index (χ4n) is 3.35. The van der Waals surface area contributed by atoms with Crippen LogP contribution in [-0.2, 0) is 12.8 Å². The van der Waals surface area contributed by atoms with Crippen molar-refractivity contribution in [1.29, 1.82) is 0 Å². The van der Waals surface area contributed by atoms with Gasteiger partial charge in [-0.2, -0.15) is 18.3 Å². The number of hydrogen-bond acceptors (Lipinski definition) is 5. The minimum absolute atomic E-state index is 0.189. The highest BCUT2D eigenvalue weighted by Gasteiger charge is 2.30. The van der Waals surface area contributed by atoms with E-state index in [-0.39, 0.29) is 5.82 Å². The fourth-order valence-corrected chi connectivity index (χ4v) is 3.92. The second-order valence-corrected chi connectivity index (χ2v) is 8.39. The number of anilines is 1. The molecule has 35 heavy (non-hydrogen) atoms. The zero-order valence-corrected chi connectivity index (χ0v) is 20.2. The molecular formula is C26H21BrF3N3O2. The number of rotatable bonds is 8. The molecule has 180 valence electrons. The Morgan fingerprint density at radius 3 is 2.51 bits per heavy atom. The maximum atomic E-state index is 12.7. The first kappa shape index (κ1) is 24.5. The molecule has 0 fully saturated rings. The van der Waals surface area contributed by atoms with Gasteiger partial charge in [0.2, 0.25) is 0 Å². The van der Waals surface area contributed by atoms with Crippen molar-refractivity contribution in [1.82, 2.24) is 4.98 Å². The van der Waals surface area contributed by atoms with Gasteiger partial charge in [-0.05, 0) is 75.1 Å². The molecule has 4 aromatic rings. The summed E-state index contributed by atoms with van der Waals surface area (Å²) in [5, 5.41) is 6.36. The molecule has 4 rings (SSSR count). The molecule has 1 aromatic heterocycles. The van der Waals surface area contributed by atoms with Crippen molar-refractivity contribution in [3.8, 4) is 11.5 Å². The highest BCUT2D eigenvalue weighted by Crippen LogP contribution is 2.37. The van der Waals surface area contributed by atoms with Crippen LogP contribution >= 0.6 is 15.9 Å². The third-order valence-corrected chi connectivity index (χ3v) is 5.60. The lowest BCUT2D eigenvalue weighted by molar-refractivity contribution is -0.137. The summed E-state index contributed by atoms with van der Waals surface area (Å²) in [4.78, 5) is 3.73. The number of alkyl halides is 3. The Bertz CT molecular complexity index is 1340. The van der Waals surface area contributed by atoms with Crippen molar-refractivity contribution < 1.29 is 22.6 Å². The Kier molecular flexibility index (Phi) is 7.55. The van der Waals surface area contributed by atoms with Gasteiger partial charge in [0.1, 0.15) is 12.4 Å². The zero-order chi connectivity index (χ0) is 24.8. The predicted octanol–water partition coefficient (Wildman–Crippen LogP) is 7.44. The van der Waals surface area contributed by atoms with Crippen molar-refractivity contribution in [2.75, 3.05) is 12.0 Å². The molecule has 1 heterocycles. The second-order valence-electron chi connectivity index (χ2n) is 7.53. The summed E-state index contributed by atoms with van der Waals surface area (Å²) in [5.74, 6) is 1.29. The Labute approximate surface area is 208 Å². The van der Waals surface area contributed by atoms with Crippen LogP contribution in [0.15, 0.2) is 82.5 Å². The van der Waals surface area contributed by atoms with Gasteiger partial charge in [-0.1, -0.05) is 36.4 Å². The number of pyridine rings is 1. The summed E-state index contributed by atoms with van der Waals surface area (Å²) in [7, 11) is 0. The highest BCUT2D eigenvalue weighted by molar-refractivity contribution is 9.10. The molecule has 0 aliphatic rings. The maximum absolute atomic E-state index is 12.7. The molecule has 0 aliphatic carbocycles. The Morgan fingerprint density at radius 2 is 1.80 bits per heavy atom. The Morgan fingerprint density at radius 1 is 1.00 bits per heavy atom. The predicted molar refractivity (Wildman–Crippen MR) is 134 cm³/mol. The van der Waals surface area contributed by atoms with E-state index in [9.17, 15) is 13.2 Å². The monoisotopic (exact) mass is 543 g/mol. The second kappa shape index (κ2) is 10.8. The smallest absolute Gasteiger partial charge is 0.417 e. The van der Waals surface area contributed by atoms with E-state index in [0.717, 1.165) is 28.6 Å². The summed E-state index contributed by atoms with van der Waals surface area (Å²) in [6.07, 6.45) is -2.17. The molecule has 0 atom stereocenters. The SMILES string of the molecule is CCOc1cc(/C=N\Nc2ccc(C(F)(F)F)cn2)cc(Br)c1OCc1ccc2ccccc2c1. The van der Waals surface area contributed by atoms with Crippen LogP contribution < -0.4 is 14.9 Å². The number of aromatic nitrogens is 1. The van der Waals surface area contributed by atoms with Crippen molar-refractivity contribution in [3.05, 3.63) is 94.1 Å². The van der Waals surface area contributed by atoms with E-state index in [1.807, 2.05) is 31.2 Å². The Hall–Kier alpha value is -3.59. The number of fused-ring (bicyclic) bond motifs is 1. The molecule has 5 nitrogen and oxygen atoms in total. The molecule has 0 aliphatic heterocycles. The fraction of sp³-hybridized carbons (Fsp3) is 0.154. The number of halogens is 4. The first-order chi connectivity index (χ1) is 16.8. The van der Waals surface area contributed by atoms with Crippen LogP contribution in [0.5, 0.6) is 11.5 Å². The minimum atomic E-state index is -4.44. The molecule has 0 saturated carbocycles. The van der Waals surface area contributed by atoms with Crippen LogP contribution in [0, 0.1) is 0 Å². The average Bonchev–Trinajstić information content (AvgIpc) is 2.83. The van der Waals surface area contributed by atoms with E-state index in [2.05, 4.69) is 55.7 Å². The van der Waals surface area contributed by atoms with E-state index in [0.29, 0.717) is 34.7 Å². The van der Waals surface area contributed by atoms with Crippen molar-refractivity contribution in [2.24, 2.45) is 5.10 Å². The van der Waals surface area contributed by atoms with Gasteiger partial charge < -0.3 is 9.47 Å². The standard InChI is InChI=1S/C26H21BrF3N3O2/c1-2-34-23-13-18(14-32-33-24-10-9-21(15-31-24)26(28,29)30)12-22(27)25(23)35-16-17-7-8-19-5-3-4-6-20(19)11-17/h3-15H,2,16H2,1H3,(H,31,33)/b32-14-. The van der Waals surface area contributed by atoms with Crippen LogP contribution in [0.4, 0.5) is 19.0 Å². The van der Waals surface area contributed by atoms with Gasteiger partial charge in [-0.25, -0.2) is 4.98 Å². The van der Waals surface area contributed by atoms with E-state index in [1.54, 1.807) is 6.07 Å². The van der Waals surface area contributed by atoms with Crippen LogP contribution in [0.2, 0.25) is 0 Å². The lowest BCUT2D eigenvalue weighted by Gasteiger charge is -2.15. The normalized spacial score (nSPS) is 11.7. The van der Waals surface area contributed by atoms with Crippen molar-refractivity contribution in [3.63, 3.8) is 0 Å². The molecule has 0 radical (unpaired) electrons. The van der Waals surface area contributed by atoms with Crippen LogP contribution in [-0.4, -0.2) is 17.8 Å². The lowest BCUT2D eigenvalue weighted by atomic mass is 10.1. The molecule has 0 saturated heterocycles. The minimum Gasteiger partial charge on any atom is -0.490 e. The largest absolute Gasteiger partial charge is 0.490 e. The number of ether oxygens (including phenoxy) is 2. The molecule has 0 amide bonds. The van der Waals surface area contributed by atoms with Gasteiger partial charge in [-0.3, -0.25) is 5.43 Å². The lowest BCUT2D eigenvalue weighted by Crippen LogP contribution is -2.05. The first-order valence-corrected chi connectivity index (χ1v) is 11.5. The van der Waals surface area contributed by atoms with Gasteiger partial charge in [0.25, 0.3) is 0 Å². The molecule has 1 N–H and O–H groups in total. The number of nitrogens with one attached hydrogen (secondary N) is 1. The topological polar surface area (TPSA) is 55.7 Å². The summed E-state index contributed by atoms with van der Waals surface area (Å²) in [6, 6.07) is 20.0. The average molecular weight is 544 g/mol. The number of hydrogen-bond donors (Lipinski definition) is 1. The van der Waals surface area contributed by atoms with Gasteiger partial charge in [0, 0.05) is 6.20 Å². The summed E-state index contributed by atoms with van der Waals surface area (Å²) >= 11 is 3.54. The molecule has 3 aromatic carbocycles. The maximum Gasteiger partial charge on any atom is 0.417 e.